The summed E-state index contributed by atoms with van der Waals surface area (Å²) in [7, 11) is 0. The highest BCUT2D eigenvalue weighted by molar-refractivity contribution is 7.99. The maximum absolute atomic E-state index is 10.1. The summed E-state index contributed by atoms with van der Waals surface area (Å²) < 4.78 is 5.69. The molecule has 1 atom stereocenters. The van der Waals surface area contributed by atoms with Gasteiger partial charge in [-0.1, -0.05) is 48.5 Å². The van der Waals surface area contributed by atoms with E-state index in [2.05, 4.69) is 30.3 Å². The lowest BCUT2D eigenvalue weighted by Crippen LogP contribution is -2.20. The minimum Gasteiger partial charge on any atom is -0.491 e. The van der Waals surface area contributed by atoms with Crippen molar-refractivity contribution in [3.8, 4) is 5.75 Å². The number of rotatable bonds is 6. The summed E-state index contributed by atoms with van der Waals surface area (Å²) in [6.45, 7) is 2.32. The van der Waals surface area contributed by atoms with E-state index in [0.29, 0.717) is 12.4 Å². The van der Waals surface area contributed by atoms with Crippen LogP contribution in [0.25, 0.3) is 10.8 Å². The van der Waals surface area contributed by atoms with Gasteiger partial charge in [-0.2, -0.15) is 0 Å². The topological polar surface area (TPSA) is 29.5 Å². The number of aliphatic hydroxyl groups is 1. The van der Waals surface area contributed by atoms with Crippen molar-refractivity contribution in [2.24, 2.45) is 0 Å². The van der Waals surface area contributed by atoms with Gasteiger partial charge in [0.15, 0.2) is 0 Å². The number of aryl methyl sites for hydroxylation is 1. The van der Waals surface area contributed by atoms with E-state index < -0.39 is 6.10 Å². The summed E-state index contributed by atoms with van der Waals surface area (Å²) >= 11 is 1.65. The Morgan fingerprint density at radius 1 is 0.957 bits per heavy atom. The van der Waals surface area contributed by atoms with E-state index in [1.54, 1.807) is 11.8 Å². The van der Waals surface area contributed by atoms with Gasteiger partial charge in [0.05, 0.1) is 6.10 Å². The van der Waals surface area contributed by atoms with Gasteiger partial charge in [-0.3, -0.25) is 0 Å². The molecule has 0 aliphatic carbocycles. The van der Waals surface area contributed by atoms with E-state index in [1.807, 2.05) is 43.3 Å². The highest BCUT2D eigenvalue weighted by Gasteiger charge is 2.08. The van der Waals surface area contributed by atoms with Gasteiger partial charge < -0.3 is 9.84 Å². The summed E-state index contributed by atoms with van der Waals surface area (Å²) in [5.74, 6) is 1.45. The zero-order valence-electron chi connectivity index (χ0n) is 13.1. The van der Waals surface area contributed by atoms with E-state index in [0.717, 1.165) is 11.3 Å². The third kappa shape index (κ3) is 4.27. The van der Waals surface area contributed by atoms with Crippen molar-refractivity contribution in [2.75, 3.05) is 12.4 Å². The van der Waals surface area contributed by atoms with Gasteiger partial charge in [0.2, 0.25) is 0 Å². The summed E-state index contributed by atoms with van der Waals surface area (Å²) in [6.07, 6.45) is -0.494. The van der Waals surface area contributed by atoms with E-state index in [-0.39, 0.29) is 0 Å². The molecule has 0 aliphatic rings. The third-order valence-electron chi connectivity index (χ3n) is 3.69. The Balaban J connectivity index is 1.53. The minimum atomic E-state index is -0.494. The summed E-state index contributed by atoms with van der Waals surface area (Å²) in [4.78, 5) is 1.17. The zero-order valence-corrected chi connectivity index (χ0v) is 13.9. The molecule has 0 spiro atoms. The minimum absolute atomic E-state index is 0.311. The second-order valence-corrected chi connectivity index (χ2v) is 6.64. The fraction of sp³-hybridized carbons (Fsp3) is 0.200. The Hall–Kier alpha value is -1.97. The standard InChI is InChI=1S/C20H20O2S/c1-15-6-2-5-9-20(15)22-13-18(21)14-23-19-11-10-16-7-3-4-8-17(16)12-19/h2-12,18,21H,13-14H2,1H3. The number of ether oxygens (including phenoxy) is 1. The summed E-state index contributed by atoms with van der Waals surface area (Å²) in [6, 6.07) is 22.5. The zero-order chi connectivity index (χ0) is 16.1. The normalized spacial score (nSPS) is 12.3. The first-order valence-electron chi connectivity index (χ1n) is 7.70. The van der Waals surface area contributed by atoms with Gasteiger partial charge in [-0.05, 0) is 41.5 Å². The lowest BCUT2D eigenvalue weighted by molar-refractivity contribution is 0.126. The van der Waals surface area contributed by atoms with Crippen LogP contribution in [0.5, 0.6) is 5.75 Å². The molecule has 0 aliphatic heterocycles. The van der Waals surface area contributed by atoms with Gasteiger partial charge in [0.1, 0.15) is 12.4 Å². The number of benzene rings is 3. The number of thioether (sulfide) groups is 1. The largest absolute Gasteiger partial charge is 0.491 e. The first-order chi connectivity index (χ1) is 11.2. The number of hydrogen-bond acceptors (Lipinski definition) is 3. The molecule has 0 fully saturated rings. The quantitative estimate of drug-likeness (QED) is 0.668. The van der Waals surface area contributed by atoms with Gasteiger partial charge in [-0.25, -0.2) is 0 Å². The highest BCUT2D eigenvalue weighted by Crippen LogP contribution is 2.24. The van der Waals surface area contributed by atoms with Crippen molar-refractivity contribution < 1.29 is 9.84 Å². The Bertz CT molecular complexity index is 785. The molecule has 0 saturated carbocycles. The Morgan fingerprint density at radius 3 is 2.52 bits per heavy atom. The molecular formula is C20H20O2S. The summed E-state index contributed by atoms with van der Waals surface area (Å²) in [5, 5.41) is 12.6. The number of hydrogen-bond donors (Lipinski definition) is 1. The lowest BCUT2D eigenvalue weighted by atomic mass is 10.1. The number of aliphatic hydroxyl groups excluding tert-OH is 1. The Morgan fingerprint density at radius 2 is 1.70 bits per heavy atom. The van der Waals surface area contributed by atoms with Crippen molar-refractivity contribution in [2.45, 2.75) is 17.9 Å². The van der Waals surface area contributed by atoms with E-state index in [1.165, 1.54) is 15.7 Å². The fourth-order valence-corrected chi connectivity index (χ4v) is 3.26. The van der Waals surface area contributed by atoms with Crippen LogP contribution in [0.1, 0.15) is 5.56 Å². The molecule has 118 valence electrons. The highest BCUT2D eigenvalue weighted by atomic mass is 32.2. The molecule has 23 heavy (non-hydrogen) atoms. The average molecular weight is 324 g/mol. The lowest BCUT2D eigenvalue weighted by Gasteiger charge is -2.13. The number of fused-ring (bicyclic) bond motifs is 1. The predicted octanol–water partition coefficient (Wildman–Crippen LogP) is 4.68. The van der Waals surface area contributed by atoms with Crippen molar-refractivity contribution in [3.05, 3.63) is 72.3 Å². The van der Waals surface area contributed by atoms with E-state index >= 15 is 0 Å². The molecule has 0 radical (unpaired) electrons. The van der Waals surface area contributed by atoms with Crippen LogP contribution in [0.4, 0.5) is 0 Å². The molecular weight excluding hydrogens is 304 g/mol. The smallest absolute Gasteiger partial charge is 0.122 e. The van der Waals surface area contributed by atoms with Crippen LogP contribution in [-0.2, 0) is 0 Å². The van der Waals surface area contributed by atoms with E-state index in [4.69, 9.17) is 4.74 Å². The molecule has 0 amide bonds. The van der Waals surface area contributed by atoms with Crippen LogP contribution in [0.15, 0.2) is 71.6 Å². The van der Waals surface area contributed by atoms with Crippen LogP contribution in [0, 0.1) is 6.92 Å². The van der Waals surface area contributed by atoms with Gasteiger partial charge in [0.25, 0.3) is 0 Å². The third-order valence-corrected chi connectivity index (χ3v) is 4.83. The monoisotopic (exact) mass is 324 g/mol. The number of para-hydroxylation sites is 1. The maximum Gasteiger partial charge on any atom is 0.122 e. The molecule has 1 N–H and O–H groups in total. The van der Waals surface area contributed by atoms with E-state index in [9.17, 15) is 5.11 Å². The van der Waals surface area contributed by atoms with Crippen LogP contribution < -0.4 is 4.74 Å². The molecule has 0 bridgehead atoms. The van der Waals surface area contributed by atoms with Crippen LogP contribution in [-0.4, -0.2) is 23.6 Å². The first-order valence-corrected chi connectivity index (χ1v) is 8.69. The first kappa shape index (κ1) is 15.9. The van der Waals surface area contributed by atoms with Crippen LogP contribution in [0.3, 0.4) is 0 Å². The molecule has 0 saturated heterocycles. The van der Waals surface area contributed by atoms with Crippen LogP contribution in [0.2, 0.25) is 0 Å². The van der Waals surface area contributed by atoms with Crippen molar-refractivity contribution in [3.63, 3.8) is 0 Å². The molecule has 0 heterocycles. The fourth-order valence-electron chi connectivity index (χ4n) is 2.40. The molecule has 3 heteroatoms. The van der Waals surface area contributed by atoms with Gasteiger partial charge >= 0.3 is 0 Å². The molecule has 0 aromatic heterocycles. The predicted molar refractivity (Wildman–Crippen MR) is 97.4 cm³/mol. The average Bonchev–Trinajstić information content (AvgIpc) is 2.59. The molecule has 3 aromatic carbocycles. The second kappa shape index (κ2) is 7.53. The van der Waals surface area contributed by atoms with Crippen molar-refractivity contribution in [1.82, 2.24) is 0 Å². The molecule has 3 aromatic rings. The molecule has 1 unspecified atom stereocenters. The van der Waals surface area contributed by atoms with Crippen LogP contribution >= 0.6 is 11.8 Å². The maximum atomic E-state index is 10.1. The van der Waals surface area contributed by atoms with Gasteiger partial charge in [-0.15, -0.1) is 11.8 Å². The molecule has 3 rings (SSSR count). The van der Waals surface area contributed by atoms with Crippen molar-refractivity contribution >= 4 is 22.5 Å². The second-order valence-electron chi connectivity index (χ2n) is 5.55. The summed E-state index contributed by atoms with van der Waals surface area (Å²) in [5.41, 5.74) is 1.09. The Kier molecular flexibility index (Phi) is 5.21. The van der Waals surface area contributed by atoms with Gasteiger partial charge in [0, 0.05) is 10.6 Å². The molecule has 2 nitrogen and oxygen atoms in total. The van der Waals surface area contributed by atoms with Crippen molar-refractivity contribution in [1.29, 1.82) is 0 Å². The Labute approximate surface area is 141 Å². The SMILES string of the molecule is Cc1ccccc1OCC(O)CSc1ccc2ccccc2c1.